The van der Waals surface area contributed by atoms with Crippen LogP contribution in [0.4, 0.5) is 0 Å². The first-order valence-electron chi connectivity index (χ1n) is 4.52. The molecule has 0 aromatic heterocycles. The van der Waals surface area contributed by atoms with Gasteiger partial charge in [-0.3, -0.25) is 0 Å². The van der Waals surface area contributed by atoms with Crippen LogP contribution in [0.15, 0.2) is 0 Å². The molecule has 0 N–H and O–H groups in total. The third kappa shape index (κ3) is 1.20. The molecule has 0 spiro atoms. The normalized spacial score (nSPS) is 47.1. The van der Waals surface area contributed by atoms with Crippen LogP contribution in [0, 0.1) is 5.92 Å². The van der Waals surface area contributed by atoms with Gasteiger partial charge >= 0.3 is 0 Å². The second kappa shape index (κ2) is 2.77. The van der Waals surface area contributed by atoms with E-state index in [9.17, 15) is 0 Å². The minimum Gasteiger partial charge on any atom is -0.155 e. The standard InChI is InChI=1S/C9H16S/c1-7-6-8-4-2-3-5-9(8)10-7/h7-9H,2-6H2,1H3. The molecule has 1 aliphatic carbocycles. The lowest BCUT2D eigenvalue weighted by atomic mass is 9.86. The molecule has 0 bridgehead atoms. The van der Waals surface area contributed by atoms with Crippen LogP contribution in [0.1, 0.15) is 39.0 Å². The molecule has 0 aromatic carbocycles. The van der Waals surface area contributed by atoms with Crippen LogP contribution in [0.25, 0.3) is 0 Å². The van der Waals surface area contributed by atoms with Crippen LogP contribution in [-0.2, 0) is 0 Å². The van der Waals surface area contributed by atoms with Gasteiger partial charge in [0.15, 0.2) is 0 Å². The summed E-state index contributed by atoms with van der Waals surface area (Å²) in [6, 6.07) is 0. The molecular weight excluding hydrogens is 140 g/mol. The Kier molecular flexibility index (Phi) is 1.94. The zero-order valence-electron chi connectivity index (χ0n) is 6.68. The van der Waals surface area contributed by atoms with Gasteiger partial charge in [-0.1, -0.05) is 19.8 Å². The summed E-state index contributed by atoms with van der Waals surface area (Å²) in [5.41, 5.74) is 0. The Balaban J connectivity index is 1.97. The van der Waals surface area contributed by atoms with Crippen LogP contribution in [0.3, 0.4) is 0 Å². The van der Waals surface area contributed by atoms with Gasteiger partial charge in [-0.25, -0.2) is 0 Å². The van der Waals surface area contributed by atoms with E-state index in [-0.39, 0.29) is 0 Å². The van der Waals surface area contributed by atoms with E-state index in [1.54, 1.807) is 0 Å². The summed E-state index contributed by atoms with van der Waals surface area (Å²) >= 11 is 2.25. The maximum atomic E-state index is 2.39. The first kappa shape index (κ1) is 7.02. The van der Waals surface area contributed by atoms with Gasteiger partial charge in [0.05, 0.1) is 0 Å². The van der Waals surface area contributed by atoms with Crippen LogP contribution in [0.2, 0.25) is 0 Å². The highest BCUT2D eigenvalue weighted by atomic mass is 32.2. The Labute approximate surface area is 67.8 Å². The summed E-state index contributed by atoms with van der Waals surface area (Å²) in [5.74, 6) is 1.11. The Morgan fingerprint density at radius 2 is 2.00 bits per heavy atom. The molecule has 10 heavy (non-hydrogen) atoms. The van der Waals surface area contributed by atoms with E-state index >= 15 is 0 Å². The molecule has 0 nitrogen and oxygen atoms in total. The molecule has 0 radical (unpaired) electrons. The molecule has 1 saturated carbocycles. The Bertz CT molecular complexity index is 108. The van der Waals surface area contributed by atoms with Crippen molar-refractivity contribution in [3.63, 3.8) is 0 Å². The third-order valence-corrected chi connectivity index (χ3v) is 4.51. The largest absolute Gasteiger partial charge is 0.155 e. The number of thioether (sulfide) groups is 1. The molecule has 0 aromatic rings. The van der Waals surface area contributed by atoms with Crippen molar-refractivity contribution in [1.29, 1.82) is 0 Å². The van der Waals surface area contributed by atoms with Crippen LogP contribution in [0.5, 0.6) is 0 Å². The third-order valence-electron chi connectivity index (χ3n) is 2.88. The van der Waals surface area contributed by atoms with Crippen molar-refractivity contribution < 1.29 is 0 Å². The molecule has 3 atom stereocenters. The lowest BCUT2D eigenvalue weighted by molar-refractivity contribution is 0.370. The summed E-state index contributed by atoms with van der Waals surface area (Å²) in [6.07, 6.45) is 7.56. The fourth-order valence-corrected chi connectivity index (χ4v) is 4.13. The van der Waals surface area contributed by atoms with Crippen LogP contribution in [-0.4, -0.2) is 10.5 Å². The minimum absolute atomic E-state index is 0.966. The Morgan fingerprint density at radius 1 is 1.20 bits per heavy atom. The molecule has 2 fully saturated rings. The predicted octanol–water partition coefficient (Wildman–Crippen LogP) is 3.07. The molecule has 1 heterocycles. The maximum Gasteiger partial charge on any atom is 0.00784 e. The van der Waals surface area contributed by atoms with Gasteiger partial charge in [0.25, 0.3) is 0 Å². The maximum absolute atomic E-state index is 2.39. The van der Waals surface area contributed by atoms with E-state index in [1.165, 1.54) is 32.1 Å². The summed E-state index contributed by atoms with van der Waals surface area (Å²) in [5, 5.41) is 2.02. The molecule has 1 saturated heterocycles. The lowest BCUT2D eigenvalue weighted by Crippen LogP contribution is -2.15. The fourth-order valence-electron chi connectivity index (χ4n) is 2.40. The van der Waals surface area contributed by atoms with Gasteiger partial charge in [-0.15, -0.1) is 0 Å². The number of fused-ring (bicyclic) bond motifs is 1. The SMILES string of the molecule is CC1CC2CCCCC2S1. The highest BCUT2D eigenvalue weighted by Gasteiger charge is 2.33. The fraction of sp³-hybridized carbons (Fsp3) is 1.00. The molecule has 58 valence electrons. The van der Waals surface area contributed by atoms with Gasteiger partial charge in [-0.05, 0) is 25.2 Å². The topological polar surface area (TPSA) is 0 Å². The molecule has 1 aliphatic heterocycles. The van der Waals surface area contributed by atoms with Gasteiger partial charge in [0, 0.05) is 10.5 Å². The first-order chi connectivity index (χ1) is 4.86. The first-order valence-corrected chi connectivity index (χ1v) is 5.46. The molecule has 2 rings (SSSR count). The molecule has 2 aliphatic rings. The average Bonchev–Trinajstić information content (AvgIpc) is 2.27. The minimum atomic E-state index is 0.966. The van der Waals surface area contributed by atoms with Crippen molar-refractivity contribution in [3.8, 4) is 0 Å². The van der Waals surface area contributed by atoms with E-state index in [2.05, 4.69) is 18.7 Å². The number of hydrogen-bond acceptors (Lipinski definition) is 1. The quantitative estimate of drug-likeness (QED) is 0.519. The monoisotopic (exact) mass is 156 g/mol. The summed E-state index contributed by atoms with van der Waals surface area (Å²) in [6.45, 7) is 2.39. The van der Waals surface area contributed by atoms with Crippen molar-refractivity contribution in [2.45, 2.75) is 49.5 Å². The molecule has 0 amide bonds. The highest BCUT2D eigenvalue weighted by Crippen LogP contribution is 2.45. The van der Waals surface area contributed by atoms with Gasteiger partial charge in [-0.2, -0.15) is 11.8 Å². The summed E-state index contributed by atoms with van der Waals surface area (Å²) < 4.78 is 0. The van der Waals surface area contributed by atoms with Gasteiger partial charge in [0.2, 0.25) is 0 Å². The van der Waals surface area contributed by atoms with Crippen molar-refractivity contribution in [2.24, 2.45) is 5.92 Å². The van der Waals surface area contributed by atoms with E-state index in [4.69, 9.17) is 0 Å². The number of rotatable bonds is 0. The van der Waals surface area contributed by atoms with Crippen molar-refractivity contribution in [1.82, 2.24) is 0 Å². The van der Waals surface area contributed by atoms with E-state index in [0.29, 0.717) is 0 Å². The zero-order chi connectivity index (χ0) is 6.97. The van der Waals surface area contributed by atoms with Gasteiger partial charge < -0.3 is 0 Å². The smallest absolute Gasteiger partial charge is 0.00784 e. The summed E-state index contributed by atoms with van der Waals surface area (Å²) in [7, 11) is 0. The zero-order valence-corrected chi connectivity index (χ0v) is 7.49. The second-order valence-corrected chi connectivity index (χ2v) is 5.45. The second-order valence-electron chi connectivity index (χ2n) is 3.77. The van der Waals surface area contributed by atoms with Crippen molar-refractivity contribution in [2.75, 3.05) is 0 Å². The highest BCUT2D eigenvalue weighted by molar-refractivity contribution is 8.00. The average molecular weight is 156 g/mol. The molecule has 1 heteroatoms. The lowest BCUT2D eigenvalue weighted by Gasteiger charge is -2.23. The van der Waals surface area contributed by atoms with E-state index in [0.717, 1.165) is 16.4 Å². The number of hydrogen-bond donors (Lipinski definition) is 0. The van der Waals surface area contributed by atoms with E-state index < -0.39 is 0 Å². The van der Waals surface area contributed by atoms with Crippen molar-refractivity contribution >= 4 is 11.8 Å². The van der Waals surface area contributed by atoms with Gasteiger partial charge in [0.1, 0.15) is 0 Å². The summed E-state index contributed by atoms with van der Waals surface area (Å²) in [4.78, 5) is 0. The van der Waals surface area contributed by atoms with E-state index in [1.807, 2.05) is 0 Å². The molecular formula is C9H16S. The van der Waals surface area contributed by atoms with Crippen LogP contribution >= 0.6 is 11.8 Å². The molecule has 3 unspecified atom stereocenters. The predicted molar refractivity (Wildman–Crippen MR) is 47.4 cm³/mol. The van der Waals surface area contributed by atoms with Crippen LogP contribution < -0.4 is 0 Å². The Morgan fingerprint density at radius 3 is 2.80 bits per heavy atom. The Hall–Kier alpha value is 0.350. The van der Waals surface area contributed by atoms with Crippen molar-refractivity contribution in [3.05, 3.63) is 0 Å².